The molecule has 1 saturated heterocycles. The van der Waals surface area contributed by atoms with Gasteiger partial charge in [-0.15, -0.1) is 0 Å². The van der Waals surface area contributed by atoms with Crippen molar-refractivity contribution in [3.8, 4) is 0 Å². The lowest BCUT2D eigenvalue weighted by Crippen LogP contribution is -2.48. The molecule has 1 aliphatic carbocycles. The van der Waals surface area contributed by atoms with Crippen LogP contribution in [0.1, 0.15) is 36.8 Å². The van der Waals surface area contributed by atoms with Crippen molar-refractivity contribution in [3.05, 3.63) is 71.3 Å². The van der Waals surface area contributed by atoms with Gasteiger partial charge in [0.05, 0.1) is 0 Å². The van der Waals surface area contributed by atoms with E-state index in [1.807, 2.05) is 0 Å². The monoisotopic (exact) mass is 358 g/mol. The zero-order valence-electron chi connectivity index (χ0n) is 14.2. The maximum Gasteiger partial charge on any atom is 0.328 e. The van der Waals surface area contributed by atoms with E-state index in [2.05, 4.69) is 0 Å². The average Bonchev–Trinajstić information content (AvgIpc) is 3.24. The van der Waals surface area contributed by atoms with Crippen molar-refractivity contribution in [1.82, 2.24) is 0 Å². The van der Waals surface area contributed by atoms with Crippen molar-refractivity contribution in [1.29, 1.82) is 0 Å². The molecular weight excluding hydrogens is 342 g/mol. The largest absolute Gasteiger partial charge is 0.422 e. The summed E-state index contributed by atoms with van der Waals surface area (Å²) < 4.78 is 39.4. The van der Waals surface area contributed by atoms with Gasteiger partial charge in [-0.2, -0.15) is 0 Å². The number of rotatable bonds is 2. The number of esters is 2. The first-order valence-electron chi connectivity index (χ1n) is 8.25. The van der Waals surface area contributed by atoms with Crippen LogP contribution in [0.3, 0.4) is 0 Å². The van der Waals surface area contributed by atoms with Crippen LogP contribution >= 0.6 is 0 Å². The van der Waals surface area contributed by atoms with Gasteiger partial charge in [-0.1, -0.05) is 36.4 Å². The molecule has 134 valence electrons. The summed E-state index contributed by atoms with van der Waals surface area (Å²) in [4.78, 5) is 25.7. The fraction of sp³-hybridized carbons (Fsp3) is 0.300. The molecule has 2 aromatic rings. The van der Waals surface area contributed by atoms with Crippen molar-refractivity contribution < 1.29 is 27.8 Å². The Morgan fingerprint density at radius 1 is 0.808 bits per heavy atom. The molecule has 1 spiro atoms. The molecule has 0 aromatic heterocycles. The van der Waals surface area contributed by atoms with E-state index in [0.29, 0.717) is 5.56 Å². The van der Waals surface area contributed by atoms with Crippen LogP contribution in [-0.4, -0.2) is 17.7 Å². The Hall–Kier alpha value is -2.76. The Balaban J connectivity index is 1.89. The number of hydrogen-bond donors (Lipinski definition) is 0. The molecule has 2 atom stereocenters. The highest BCUT2D eigenvalue weighted by molar-refractivity contribution is 6.08. The minimum absolute atomic E-state index is 0.296. The molecular formula is C20H16F2O4. The van der Waals surface area contributed by atoms with E-state index in [9.17, 15) is 18.4 Å². The maximum atomic E-state index is 14.4. The summed E-state index contributed by atoms with van der Waals surface area (Å²) in [6, 6.07) is 12.1. The van der Waals surface area contributed by atoms with Crippen LogP contribution in [0.5, 0.6) is 0 Å². The molecule has 26 heavy (non-hydrogen) atoms. The highest BCUT2D eigenvalue weighted by Gasteiger charge is 2.80. The summed E-state index contributed by atoms with van der Waals surface area (Å²) in [6.45, 7) is 2.88. The molecule has 2 unspecified atom stereocenters. The molecule has 0 radical (unpaired) electrons. The smallest absolute Gasteiger partial charge is 0.328 e. The molecule has 1 aliphatic heterocycles. The van der Waals surface area contributed by atoms with Gasteiger partial charge < -0.3 is 9.47 Å². The summed E-state index contributed by atoms with van der Waals surface area (Å²) in [6.07, 6.45) is 0. The minimum Gasteiger partial charge on any atom is -0.422 e. The first-order chi connectivity index (χ1) is 12.3. The van der Waals surface area contributed by atoms with Crippen molar-refractivity contribution >= 4 is 11.9 Å². The first-order valence-corrected chi connectivity index (χ1v) is 8.25. The summed E-state index contributed by atoms with van der Waals surface area (Å²) >= 11 is 0. The van der Waals surface area contributed by atoms with Gasteiger partial charge in [0.15, 0.2) is 5.41 Å². The van der Waals surface area contributed by atoms with E-state index in [0.717, 1.165) is 12.1 Å². The maximum absolute atomic E-state index is 14.4. The topological polar surface area (TPSA) is 52.6 Å². The van der Waals surface area contributed by atoms with E-state index in [4.69, 9.17) is 9.47 Å². The first kappa shape index (κ1) is 16.7. The molecule has 2 aromatic carbocycles. The predicted molar refractivity (Wildman–Crippen MR) is 87.0 cm³/mol. The standard InChI is InChI=1S/C20H16F2O4/c1-19(2)25-17(23)20(18(24)26-19)15(11-7-4-3-5-8-11)16(20)14-12(21)9-6-10-13(14)22/h3-10,15-16H,1-2H3. The second-order valence-corrected chi connectivity index (χ2v) is 7.05. The minimum atomic E-state index is -1.78. The molecule has 2 aliphatic rings. The lowest BCUT2D eigenvalue weighted by molar-refractivity contribution is -0.243. The number of halogens is 2. The molecule has 0 bridgehead atoms. The Morgan fingerprint density at radius 2 is 1.35 bits per heavy atom. The summed E-state index contributed by atoms with van der Waals surface area (Å²) in [5.74, 6) is -6.45. The normalized spacial score (nSPS) is 25.5. The van der Waals surface area contributed by atoms with Gasteiger partial charge in [-0.25, -0.2) is 8.78 Å². The summed E-state index contributed by atoms with van der Waals surface area (Å²) in [5, 5.41) is 0. The zero-order valence-corrected chi connectivity index (χ0v) is 14.2. The van der Waals surface area contributed by atoms with Crippen molar-refractivity contribution in [2.75, 3.05) is 0 Å². The number of carbonyl (C=O) groups excluding carboxylic acids is 2. The van der Waals surface area contributed by atoms with Crippen molar-refractivity contribution in [2.24, 2.45) is 5.41 Å². The number of benzene rings is 2. The Morgan fingerprint density at radius 3 is 1.88 bits per heavy atom. The van der Waals surface area contributed by atoms with Crippen molar-refractivity contribution in [2.45, 2.75) is 31.5 Å². The van der Waals surface area contributed by atoms with Gasteiger partial charge in [0.2, 0.25) is 0 Å². The second kappa shape index (κ2) is 5.37. The van der Waals surface area contributed by atoms with Crippen LogP contribution in [0, 0.1) is 17.0 Å². The van der Waals surface area contributed by atoms with Crippen LogP contribution in [0.2, 0.25) is 0 Å². The quantitative estimate of drug-likeness (QED) is 0.607. The SMILES string of the molecule is CC1(C)OC(=O)C2(C(=O)O1)C(c1ccccc1)C2c1c(F)cccc1F. The van der Waals surface area contributed by atoms with Crippen LogP contribution in [0.15, 0.2) is 48.5 Å². The molecule has 6 heteroatoms. The van der Waals surface area contributed by atoms with Gasteiger partial charge in [0.25, 0.3) is 5.79 Å². The van der Waals surface area contributed by atoms with E-state index < -0.39 is 46.6 Å². The van der Waals surface area contributed by atoms with Crippen molar-refractivity contribution in [3.63, 3.8) is 0 Å². The summed E-state index contributed by atoms with van der Waals surface area (Å²) in [7, 11) is 0. The molecule has 4 nitrogen and oxygen atoms in total. The highest BCUT2D eigenvalue weighted by Crippen LogP contribution is 2.73. The van der Waals surface area contributed by atoms with Gasteiger partial charge in [-0.05, 0) is 17.7 Å². The predicted octanol–water partition coefficient (Wildman–Crippen LogP) is 3.67. The lowest BCUT2D eigenvalue weighted by atomic mass is 9.96. The third-order valence-corrected chi connectivity index (χ3v) is 5.03. The van der Waals surface area contributed by atoms with Crippen LogP contribution in [-0.2, 0) is 19.1 Å². The average molecular weight is 358 g/mol. The second-order valence-electron chi connectivity index (χ2n) is 7.05. The van der Waals surface area contributed by atoms with E-state index in [1.165, 1.54) is 19.9 Å². The number of cyclic esters (lactones) is 2. The third kappa shape index (κ3) is 2.18. The fourth-order valence-corrected chi connectivity index (χ4v) is 3.93. The molecule has 2 fully saturated rings. The Labute approximate surface area is 148 Å². The molecule has 0 N–H and O–H groups in total. The summed E-state index contributed by atoms with van der Waals surface area (Å²) in [5.41, 5.74) is -1.45. The third-order valence-electron chi connectivity index (χ3n) is 5.03. The Kier molecular flexibility index (Phi) is 3.45. The lowest BCUT2D eigenvalue weighted by Gasteiger charge is -2.34. The number of carbonyl (C=O) groups is 2. The van der Waals surface area contributed by atoms with Crippen LogP contribution < -0.4 is 0 Å². The Bertz CT molecular complexity index is 867. The molecule has 1 saturated carbocycles. The zero-order chi connectivity index (χ0) is 18.7. The van der Waals surface area contributed by atoms with Crippen LogP contribution in [0.4, 0.5) is 8.78 Å². The van der Waals surface area contributed by atoms with E-state index in [1.54, 1.807) is 30.3 Å². The van der Waals surface area contributed by atoms with Gasteiger partial charge >= 0.3 is 11.9 Å². The van der Waals surface area contributed by atoms with Gasteiger partial charge in [-0.3, -0.25) is 9.59 Å². The molecule has 0 amide bonds. The number of hydrogen-bond acceptors (Lipinski definition) is 4. The van der Waals surface area contributed by atoms with E-state index in [-0.39, 0.29) is 5.56 Å². The fourth-order valence-electron chi connectivity index (χ4n) is 3.93. The van der Waals surface area contributed by atoms with Crippen LogP contribution in [0.25, 0.3) is 0 Å². The molecule has 1 heterocycles. The van der Waals surface area contributed by atoms with Gasteiger partial charge in [0.1, 0.15) is 11.6 Å². The number of ether oxygens (including phenoxy) is 2. The molecule has 4 rings (SSSR count). The highest BCUT2D eigenvalue weighted by atomic mass is 19.1. The van der Waals surface area contributed by atoms with Gasteiger partial charge in [0, 0.05) is 31.2 Å². The van der Waals surface area contributed by atoms with E-state index >= 15 is 0 Å².